The molecule has 0 saturated carbocycles. The van der Waals surface area contributed by atoms with E-state index in [9.17, 15) is 0 Å². The van der Waals surface area contributed by atoms with Crippen LogP contribution in [-0.4, -0.2) is 6.54 Å². The lowest BCUT2D eigenvalue weighted by atomic mass is 10.3. The van der Waals surface area contributed by atoms with Crippen LogP contribution in [0.15, 0.2) is 40.5 Å². The largest absolute Gasteiger partial charge is 0.381 e. The molecule has 0 radical (unpaired) electrons. The molecule has 0 heterocycles. The molecule has 0 fully saturated rings. The Morgan fingerprint density at radius 1 is 1.36 bits per heavy atom. The number of hydrogen-bond donors (Lipinski definition) is 1. The van der Waals surface area contributed by atoms with E-state index in [4.69, 9.17) is 0 Å². The molecule has 0 aliphatic carbocycles. The van der Waals surface area contributed by atoms with Crippen molar-refractivity contribution in [2.24, 2.45) is 0 Å². The van der Waals surface area contributed by atoms with Gasteiger partial charge in [-0.1, -0.05) is 24.8 Å². The summed E-state index contributed by atoms with van der Waals surface area (Å²) in [6.07, 6.45) is 0. The van der Waals surface area contributed by atoms with Crippen LogP contribution in [0.25, 0.3) is 0 Å². The van der Waals surface area contributed by atoms with Crippen molar-refractivity contribution >= 4 is 28.3 Å². The van der Waals surface area contributed by atoms with Gasteiger partial charge < -0.3 is 5.32 Å². The lowest BCUT2D eigenvalue weighted by molar-refractivity contribution is 1.33. The molecular formula is C9H10IN. The molecule has 58 valence electrons. The first kappa shape index (κ1) is 8.59. The van der Waals surface area contributed by atoms with Crippen LogP contribution in [0.4, 0.5) is 5.69 Å². The van der Waals surface area contributed by atoms with Crippen molar-refractivity contribution < 1.29 is 0 Å². The first-order valence-electron chi connectivity index (χ1n) is 3.41. The summed E-state index contributed by atoms with van der Waals surface area (Å²) < 4.78 is 1.12. The molecule has 0 aromatic heterocycles. The van der Waals surface area contributed by atoms with Gasteiger partial charge in [0.2, 0.25) is 0 Å². The second kappa shape index (κ2) is 4.38. The monoisotopic (exact) mass is 259 g/mol. The predicted molar refractivity (Wildman–Crippen MR) is 58.1 cm³/mol. The number of nitrogens with one attached hydrogen (secondary N) is 1. The molecule has 0 aliphatic heterocycles. The number of benzene rings is 1. The molecule has 1 rings (SSSR count). The fourth-order valence-corrected chi connectivity index (χ4v) is 0.945. The summed E-state index contributed by atoms with van der Waals surface area (Å²) in [7, 11) is 0. The first-order chi connectivity index (χ1) is 5.29. The van der Waals surface area contributed by atoms with Gasteiger partial charge in [0.1, 0.15) is 0 Å². The van der Waals surface area contributed by atoms with Crippen LogP contribution >= 0.6 is 22.6 Å². The summed E-state index contributed by atoms with van der Waals surface area (Å²) in [6.45, 7) is 4.63. The molecule has 1 aromatic carbocycles. The van der Waals surface area contributed by atoms with Gasteiger partial charge >= 0.3 is 0 Å². The van der Waals surface area contributed by atoms with E-state index in [0.29, 0.717) is 0 Å². The smallest absolute Gasteiger partial charge is 0.0452 e. The standard InChI is InChI=1S/C9H10IN/c1-8(10)7-11-9-5-3-2-4-6-9/h2-6,11H,1,7H2. The molecule has 0 atom stereocenters. The molecule has 1 aromatic rings. The maximum Gasteiger partial charge on any atom is 0.0452 e. The normalized spacial score (nSPS) is 9.18. The number of anilines is 1. The highest BCUT2D eigenvalue weighted by Gasteiger charge is 1.88. The summed E-state index contributed by atoms with van der Waals surface area (Å²) in [5.41, 5.74) is 1.14. The molecule has 0 unspecified atom stereocenters. The Hall–Kier alpha value is -0.510. The summed E-state index contributed by atoms with van der Waals surface area (Å²) in [6, 6.07) is 10.1. The average molecular weight is 259 g/mol. The van der Waals surface area contributed by atoms with Gasteiger partial charge in [0, 0.05) is 15.8 Å². The van der Waals surface area contributed by atoms with E-state index >= 15 is 0 Å². The Morgan fingerprint density at radius 2 is 2.00 bits per heavy atom. The van der Waals surface area contributed by atoms with Gasteiger partial charge in [-0.3, -0.25) is 0 Å². The van der Waals surface area contributed by atoms with Crippen molar-refractivity contribution in [2.45, 2.75) is 0 Å². The lowest BCUT2D eigenvalue weighted by Gasteiger charge is -2.03. The highest BCUT2D eigenvalue weighted by molar-refractivity contribution is 14.1. The van der Waals surface area contributed by atoms with E-state index in [-0.39, 0.29) is 0 Å². The third kappa shape index (κ3) is 3.41. The van der Waals surface area contributed by atoms with Crippen LogP contribution in [-0.2, 0) is 0 Å². The van der Waals surface area contributed by atoms with Crippen LogP contribution in [0.2, 0.25) is 0 Å². The average Bonchev–Trinajstić information content (AvgIpc) is 2.03. The fourth-order valence-electron chi connectivity index (χ4n) is 0.754. The van der Waals surface area contributed by atoms with Crippen molar-refractivity contribution in [3.8, 4) is 0 Å². The fraction of sp³-hybridized carbons (Fsp3) is 0.111. The van der Waals surface area contributed by atoms with Crippen molar-refractivity contribution in [3.05, 3.63) is 40.5 Å². The second-order valence-electron chi connectivity index (χ2n) is 2.24. The van der Waals surface area contributed by atoms with Gasteiger partial charge in [-0.2, -0.15) is 0 Å². The van der Waals surface area contributed by atoms with E-state index in [0.717, 1.165) is 15.8 Å². The molecule has 11 heavy (non-hydrogen) atoms. The third-order valence-electron chi connectivity index (χ3n) is 1.26. The first-order valence-corrected chi connectivity index (χ1v) is 4.49. The minimum absolute atomic E-state index is 0.838. The minimum Gasteiger partial charge on any atom is -0.381 e. The molecule has 0 bridgehead atoms. The lowest BCUT2D eigenvalue weighted by Crippen LogP contribution is -1.99. The van der Waals surface area contributed by atoms with E-state index in [2.05, 4.69) is 34.5 Å². The predicted octanol–water partition coefficient (Wildman–Crippen LogP) is 3.05. The van der Waals surface area contributed by atoms with E-state index in [1.807, 2.05) is 30.3 Å². The quantitative estimate of drug-likeness (QED) is 0.822. The van der Waals surface area contributed by atoms with Gasteiger partial charge in [0.15, 0.2) is 0 Å². The summed E-state index contributed by atoms with van der Waals surface area (Å²) >= 11 is 2.21. The minimum atomic E-state index is 0.838. The molecule has 1 N–H and O–H groups in total. The van der Waals surface area contributed by atoms with Crippen LogP contribution < -0.4 is 5.32 Å². The van der Waals surface area contributed by atoms with Gasteiger partial charge in [-0.15, -0.1) is 0 Å². The van der Waals surface area contributed by atoms with E-state index in [1.54, 1.807) is 0 Å². The Kier molecular flexibility index (Phi) is 3.42. The van der Waals surface area contributed by atoms with Gasteiger partial charge in [0.05, 0.1) is 0 Å². The zero-order chi connectivity index (χ0) is 8.10. The molecule has 0 saturated heterocycles. The number of rotatable bonds is 3. The van der Waals surface area contributed by atoms with Gasteiger partial charge in [-0.05, 0) is 34.7 Å². The number of halogens is 1. The van der Waals surface area contributed by atoms with Crippen molar-refractivity contribution in [2.75, 3.05) is 11.9 Å². The molecule has 2 heteroatoms. The van der Waals surface area contributed by atoms with E-state index in [1.165, 1.54) is 0 Å². The van der Waals surface area contributed by atoms with Crippen LogP contribution in [0.3, 0.4) is 0 Å². The highest BCUT2D eigenvalue weighted by Crippen LogP contribution is 2.07. The summed E-state index contributed by atoms with van der Waals surface area (Å²) in [4.78, 5) is 0. The van der Waals surface area contributed by atoms with Crippen molar-refractivity contribution in [1.29, 1.82) is 0 Å². The number of hydrogen-bond acceptors (Lipinski definition) is 1. The van der Waals surface area contributed by atoms with Crippen molar-refractivity contribution in [3.63, 3.8) is 0 Å². The third-order valence-corrected chi connectivity index (χ3v) is 1.64. The Labute approximate surface area is 80.6 Å². The zero-order valence-corrected chi connectivity index (χ0v) is 8.34. The molecular weight excluding hydrogens is 249 g/mol. The van der Waals surface area contributed by atoms with E-state index < -0.39 is 0 Å². The van der Waals surface area contributed by atoms with Crippen LogP contribution in [0.1, 0.15) is 0 Å². The summed E-state index contributed by atoms with van der Waals surface area (Å²) in [5.74, 6) is 0. The second-order valence-corrected chi connectivity index (χ2v) is 3.76. The zero-order valence-electron chi connectivity index (χ0n) is 6.18. The molecule has 0 amide bonds. The molecule has 0 spiro atoms. The Morgan fingerprint density at radius 3 is 2.55 bits per heavy atom. The Bertz CT molecular complexity index is 231. The maximum atomic E-state index is 3.79. The Balaban J connectivity index is 2.45. The topological polar surface area (TPSA) is 12.0 Å². The maximum absolute atomic E-state index is 3.79. The van der Waals surface area contributed by atoms with Crippen LogP contribution in [0, 0.1) is 0 Å². The summed E-state index contributed by atoms with van der Waals surface area (Å²) in [5, 5.41) is 3.24. The highest BCUT2D eigenvalue weighted by atomic mass is 127. The van der Waals surface area contributed by atoms with Gasteiger partial charge in [-0.25, -0.2) is 0 Å². The van der Waals surface area contributed by atoms with Crippen LogP contribution in [0.5, 0.6) is 0 Å². The molecule has 1 nitrogen and oxygen atoms in total. The van der Waals surface area contributed by atoms with Crippen molar-refractivity contribution in [1.82, 2.24) is 0 Å². The molecule has 0 aliphatic rings. The SMILES string of the molecule is C=C(I)CNc1ccccc1. The number of para-hydroxylation sites is 1. The van der Waals surface area contributed by atoms with Gasteiger partial charge in [0.25, 0.3) is 0 Å².